The maximum absolute atomic E-state index is 15.6. The van der Waals surface area contributed by atoms with Crippen molar-refractivity contribution < 1.29 is 33.8 Å². The van der Waals surface area contributed by atoms with E-state index in [1.165, 1.54) is 0 Å². The zero-order valence-corrected chi connectivity index (χ0v) is 35.8. The molecule has 0 radical (unpaired) electrons. The largest absolute Gasteiger partial charge is 0.497 e. The molecule has 3 saturated heterocycles. The van der Waals surface area contributed by atoms with E-state index in [1.54, 1.807) is 16.9 Å². The summed E-state index contributed by atoms with van der Waals surface area (Å²) in [7, 11) is 1.64. The Morgan fingerprint density at radius 3 is 2.10 bits per heavy atom. The molecule has 4 aromatic rings. The van der Waals surface area contributed by atoms with Gasteiger partial charge in [0.15, 0.2) is 5.60 Å². The number of carbonyl (C=O) groups excluding carboxylic acids is 4. The summed E-state index contributed by atoms with van der Waals surface area (Å²) in [4.78, 5) is 63.4. The van der Waals surface area contributed by atoms with Crippen molar-refractivity contribution in [3.8, 4) is 5.75 Å². The van der Waals surface area contributed by atoms with Gasteiger partial charge in [-0.1, -0.05) is 75.4 Å². The van der Waals surface area contributed by atoms with Crippen LogP contribution in [0.3, 0.4) is 0 Å². The van der Waals surface area contributed by atoms with Gasteiger partial charge in [0.25, 0.3) is 5.91 Å². The number of hydrogen-bond acceptors (Lipinski definition) is 7. The summed E-state index contributed by atoms with van der Waals surface area (Å²) in [6.07, 6.45) is 3.91. The first-order chi connectivity index (χ1) is 29.5. The van der Waals surface area contributed by atoms with E-state index in [0.717, 1.165) is 59.5 Å². The first-order valence-electron chi connectivity index (χ1n) is 21.9. The second-order valence-electron chi connectivity index (χ2n) is 17.6. The van der Waals surface area contributed by atoms with Gasteiger partial charge >= 0.3 is 0 Å². The van der Waals surface area contributed by atoms with Gasteiger partial charge < -0.3 is 34.2 Å². The normalized spacial score (nSPS) is 22.9. The highest BCUT2D eigenvalue weighted by molar-refractivity contribution is 6.08. The molecule has 3 fully saturated rings. The average molecular weight is 827 g/mol. The van der Waals surface area contributed by atoms with E-state index in [0.29, 0.717) is 43.7 Å². The third-order valence-electron chi connectivity index (χ3n) is 13.7. The maximum Gasteiger partial charge on any atom is 0.264 e. The molecular formula is C50H58N4O7. The highest BCUT2D eigenvalue weighted by Crippen LogP contribution is 2.60. The number of hydrogen-bond donors (Lipinski definition) is 1. The van der Waals surface area contributed by atoms with Gasteiger partial charge in [-0.2, -0.15) is 0 Å². The minimum absolute atomic E-state index is 0.00717. The van der Waals surface area contributed by atoms with E-state index >= 15 is 4.79 Å². The lowest BCUT2D eigenvalue weighted by molar-refractivity contribution is -0.150. The van der Waals surface area contributed by atoms with Crippen LogP contribution < -0.4 is 19.4 Å². The molecule has 4 aliphatic heterocycles. The lowest BCUT2D eigenvalue weighted by atomic mass is 9.63. The summed E-state index contributed by atoms with van der Waals surface area (Å²) in [6.45, 7) is 8.21. The number of methoxy groups -OCH3 is 1. The van der Waals surface area contributed by atoms with E-state index in [4.69, 9.17) is 9.47 Å². The number of aliphatic hydroxyl groups is 1. The number of amides is 4. The Bertz CT molecular complexity index is 2240. The lowest BCUT2D eigenvalue weighted by Gasteiger charge is -2.39. The molecule has 0 bridgehead atoms. The molecule has 4 aromatic carbocycles. The molecule has 11 nitrogen and oxygen atoms in total. The molecule has 0 aromatic heterocycles. The quantitative estimate of drug-likeness (QED) is 0.148. The van der Waals surface area contributed by atoms with Crippen molar-refractivity contribution in [2.45, 2.75) is 95.9 Å². The van der Waals surface area contributed by atoms with E-state index in [1.807, 2.05) is 107 Å². The summed E-state index contributed by atoms with van der Waals surface area (Å²) in [5.74, 6) is -0.252. The van der Waals surface area contributed by atoms with Crippen molar-refractivity contribution in [2.75, 3.05) is 48.1 Å². The highest BCUT2D eigenvalue weighted by atomic mass is 16.5. The third-order valence-corrected chi connectivity index (χ3v) is 13.7. The van der Waals surface area contributed by atoms with Gasteiger partial charge in [-0.15, -0.1) is 0 Å². The average Bonchev–Trinajstić information content (AvgIpc) is 3.69. The Kier molecular flexibility index (Phi) is 12.1. The third kappa shape index (κ3) is 7.94. The number of nitrogens with zero attached hydrogens (tertiary/aromatic N) is 4. The fraction of sp³-hybridized carbons (Fsp3) is 0.440. The SMILES string of the molecule is COc1ccc(C(C)(C)[C@@H]2[C@@H](CC(=O)N(CCO)Cc3ccccc3)O[C@]3(C(=O)N(Cc4ccc(N5CCCCC5=O)cc4)c4ccc(N5CCCCC5=O)cc43)[C@H]2C)cc1. The second-order valence-corrected chi connectivity index (χ2v) is 17.6. The van der Waals surface area contributed by atoms with Crippen LogP contribution in [-0.2, 0) is 48.0 Å². The molecule has 1 N–H and O–H groups in total. The van der Waals surface area contributed by atoms with Crippen molar-refractivity contribution >= 4 is 40.7 Å². The van der Waals surface area contributed by atoms with Crippen LogP contribution in [0.2, 0.25) is 0 Å². The minimum Gasteiger partial charge on any atom is -0.497 e. The van der Waals surface area contributed by atoms with Crippen molar-refractivity contribution in [1.29, 1.82) is 0 Å². The van der Waals surface area contributed by atoms with Gasteiger partial charge in [0.2, 0.25) is 17.7 Å². The van der Waals surface area contributed by atoms with Gasteiger partial charge in [-0.3, -0.25) is 19.2 Å². The topological polar surface area (TPSA) is 120 Å². The fourth-order valence-electron chi connectivity index (χ4n) is 10.5. The first kappa shape index (κ1) is 42.2. The standard InChI is InChI=1S/C50H58N4O7/c1-34-47(49(2,3)37-18-23-40(60-4)24-19-37)43(31-46(58)51(28-29-55)32-35-12-6-5-7-13-35)61-50(34)41-30-39(53-27-11-9-15-45(53)57)22-25-42(41)54(48(50)59)33-36-16-20-38(21-17-36)52-26-10-8-14-44(52)56/h5-7,12-13,16-25,30,34,43,47,55H,8-11,14-15,26-29,31-33H2,1-4H3/t34-,43+,47-,50+/m0/s1. The van der Waals surface area contributed by atoms with Crippen LogP contribution in [0.25, 0.3) is 0 Å². The summed E-state index contributed by atoms with van der Waals surface area (Å²) in [5.41, 5.74) is 3.75. The molecule has 0 saturated carbocycles. The van der Waals surface area contributed by atoms with Crippen molar-refractivity contribution in [1.82, 2.24) is 4.90 Å². The summed E-state index contributed by atoms with van der Waals surface area (Å²) >= 11 is 0. The molecule has 320 valence electrons. The Hall–Kier alpha value is -5.52. The Morgan fingerprint density at radius 1 is 0.836 bits per heavy atom. The number of aliphatic hydroxyl groups excluding tert-OH is 1. The smallest absolute Gasteiger partial charge is 0.264 e. The van der Waals surface area contributed by atoms with Gasteiger partial charge in [-0.25, -0.2) is 0 Å². The highest BCUT2D eigenvalue weighted by Gasteiger charge is 2.66. The second kappa shape index (κ2) is 17.5. The van der Waals surface area contributed by atoms with Crippen LogP contribution in [0.5, 0.6) is 5.75 Å². The zero-order valence-electron chi connectivity index (χ0n) is 35.8. The predicted octanol–water partition coefficient (Wildman–Crippen LogP) is 7.51. The first-order valence-corrected chi connectivity index (χ1v) is 21.9. The number of rotatable bonds is 13. The van der Waals surface area contributed by atoms with Crippen molar-refractivity contribution in [3.63, 3.8) is 0 Å². The van der Waals surface area contributed by atoms with E-state index in [9.17, 15) is 19.5 Å². The summed E-state index contributed by atoms with van der Waals surface area (Å²) in [5, 5.41) is 10.1. The van der Waals surface area contributed by atoms with Crippen molar-refractivity contribution in [2.24, 2.45) is 11.8 Å². The molecule has 0 unspecified atom stereocenters. The van der Waals surface area contributed by atoms with E-state index in [2.05, 4.69) is 20.8 Å². The van der Waals surface area contributed by atoms with Gasteiger partial charge in [0.1, 0.15) is 5.75 Å². The molecule has 4 amide bonds. The van der Waals surface area contributed by atoms with Crippen LogP contribution in [0.1, 0.15) is 88.0 Å². The van der Waals surface area contributed by atoms with Crippen LogP contribution in [0.4, 0.5) is 17.1 Å². The van der Waals surface area contributed by atoms with Crippen LogP contribution in [0.15, 0.2) is 97.1 Å². The predicted molar refractivity (Wildman–Crippen MR) is 235 cm³/mol. The van der Waals surface area contributed by atoms with E-state index < -0.39 is 23.0 Å². The van der Waals surface area contributed by atoms with Gasteiger partial charge in [0, 0.05) is 67.8 Å². The molecule has 4 aliphatic rings. The van der Waals surface area contributed by atoms with Crippen molar-refractivity contribution in [3.05, 3.63) is 119 Å². The maximum atomic E-state index is 15.6. The monoisotopic (exact) mass is 826 g/mol. The molecule has 61 heavy (non-hydrogen) atoms. The number of fused-ring (bicyclic) bond motifs is 2. The Morgan fingerprint density at radius 2 is 1.48 bits per heavy atom. The number of anilines is 3. The molecule has 4 heterocycles. The number of benzene rings is 4. The minimum atomic E-state index is -1.48. The molecular weight excluding hydrogens is 769 g/mol. The Labute approximate surface area is 359 Å². The van der Waals surface area contributed by atoms with Crippen LogP contribution in [-0.4, -0.2) is 73.1 Å². The lowest BCUT2D eigenvalue weighted by Crippen LogP contribution is -2.46. The number of carbonyl (C=O) groups is 4. The van der Waals surface area contributed by atoms with Crippen LogP contribution in [0, 0.1) is 11.8 Å². The van der Waals surface area contributed by atoms with Gasteiger partial charge in [-0.05, 0) is 90.3 Å². The van der Waals surface area contributed by atoms with Gasteiger partial charge in [0.05, 0.1) is 38.5 Å². The fourth-order valence-corrected chi connectivity index (χ4v) is 10.5. The molecule has 4 atom stereocenters. The molecule has 0 aliphatic carbocycles. The Balaban J connectivity index is 1.20. The molecule has 1 spiro atoms. The summed E-state index contributed by atoms with van der Waals surface area (Å²) in [6, 6.07) is 31.4. The summed E-state index contributed by atoms with van der Waals surface area (Å²) < 4.78 is 12.9. The number of ether oxygens (including phenoxy) is 2. The van der Waals surface area contributed by atoms with Crippen LogP contribution >= 0.6 is 0 Å². The van der Waals surface area contributed by atoms with E-state index in [-0.39, 0.29) is 55.7 Å². The zero-order chi connectivity index (χ0) is 42.9. The number of piperidine rings is 2. The molecule has 8 rings (SSSR count). The molecule has 11 heteroatoms.